The van der Waals surface area contributed by atoms with E-state index in [2.05, 4.69) is 9.97 Å². The predicted molar refractivity (Wildman–Crippen MR) is 83.6 cm³/mol. The van der Waals surface area contributed by atoms with E-state index >= 15 is 0 Å². The van der Waals surface area contributed by atoms with Gasteiger partial charge in [0.1, 0.15) is 5.58 Å². The van der Waals surface area contributed by atoms with Crippen molar-refractivity contribution in [1.82, 2.24) is 9.97 Å². The van der Waals surface area contributed by atoms with E-state index in [1.807, 2.05) is 32.0 Å². The number of aromatic nitrogens is 2. The van der Waals surface area contributed by atoms with Gasteiger partial charge >= 0.3 is 0 Å². The molecule has 0 unspecified atom stereocenters. The van der Waals surface area contributed by atoms with Crippen LogP contribution in [0, 0.1) is 13.8 Å². The van der Waals surface area contributed by atoms with E-state index in [1.54, 1.807) is 12.1 Å². The Morgan fingerprint density at radius 1 is 1.14 bits per heavy atom. The van der Waals surface area contributed by atoms with Crippen molar-refractivity contribution in [3.05, 3.63) is 63.8 Å². The lowest BCUT2D eigenvalue weighted by Crippen LogP contribution is -2.07. The first kappa shape index (κ1) is 13.8. The maximum atomic E-state index is 12.4. The van der Waals surface area contributed by atoms with Crippen molar-refractivity contribution in [3.63, 3.8) is 0 Å². The van der Waals surface area contributed by atoms with Crippen LogP contribution in [0.5, 0.6) is 0 Å². The van der Waals surface area contributed by atoms with Crippen LogP contribution in [0.4, 0.5) is 0 Å². The van der Waals surface area contributed by atoms with Gasteiger partial charge in [0.05, 0.1) is 11.6 Å². The topological polar surface area (TPSA) is 56.0 Å². The fourth-order valence-corrected chi connectivity index (χ4v) is 3.02. The van der Waals surface area contributed by atoms with Gasteiger partial charge < -0.3 is 4.42 Å². The minimum absolute atomic E-state index is 0.00808. The summed E-state index contributed by atoms with van der Waals surface area (Å²) in [6.45, 7) is 3.87. The van der Waals surface area contributed by atoms with Gasteiger partial charge in [0, 0.05) is 22.7 Å². The van der Waals surface area contributed by atoms with Gasteiger partial charge in [-0.05, 0) is 32.0 Å². The van der Waals surface area contributed by atoms with E-state index < -0.39 is 0 Å². The van der Waals surface area contributed by atoms with Gasteiger partial charge in [-0.15, -0.1) is 0 Å². The number of para-hydroxylation sites is 1. The van der Waals surface area contributed by atoms with Crippen LogP contribution in [0.25, 0.3) is 11.0 Å². The van der Waals surface area contributed by atoms with Gasteiger partial charge in [0.15, 0.2) is 10.6 Å². The Labute approximate surface area is 126 Å². The van der Waals surface area contributed by atoms with E-state index in [9.17, 15) is 4.79 Å². The van der Waals surface area contributed by atoms with Crippen molar-refractivity contribution in [3.8, 4) is 0 Å². The Balaban J connectivity index is 1.88. The number of thioether (sulfide) groups is 1. The third kappa shape index (κ3) is 2.97. The summed E-state index contributed by atoms with van der Waals surface area (Å²) in [5, 5.41) is 1.29. The maximum absolute atomic E-state index is 12.4. The van der Waals surface area contributed by atoms with E-state index in [0.29, 0.717) is 27.4 Å². The summed E-state index contributed by atoms with van der Waals surface area (Å²) in [6.07, 6.45) is 1.53. The molecule has 21 heavy (non-hydrogen) atoms. The highest BCUT2D eigenvalue weighted by Gasteiger charge is 2.08. The zero-order valence-corrected chi connectivity index (χ0v) is 12.6. The second-order valence-electron chi connectivity index (χ2n) is 4.81. The quantitative estimate of drug-likeness (QED) is 0.547. The van der Waals surface area contributed by atoms with Gasteiger partial charge in [-0.3, -0.25) is 4.79 Å². The average Bonchev–Trinajstić information content (AvgIpc) is 2.46. The fourth-order valence-electron chi connectivity index (χ4n) is 2.12. The molecule has 0 saturated heterocycles. The lowest BCUT2D eigenvalue weighted by atomic mass is 10.2. The first-order chi connectivity index (χ1) is 10.1. The smallest absolute Gasteiger partial charge is 0.196 e. The first-order valence-electron chi connectivity index (χ1n) is 6.58. The first-order valence-corrected chi connectivity index (χ1v) is 7.56. The summed E-state index contributed by atoms with van der Waals surface area (Å²) >= 11 is 1.44. The highest BCUT2D eigenvalue weighted by Crippen LogP contribution is 2.20. The standard InChI is InChI=1S/C16H14N2O2S/c1-10-7-11(2)18-16(17-10)21-9-12-8-20-14-6-4-3-5-13(14)15(12)19/h3-8H,9H2,1-2H3. The van der Waals surface area contributed by atoms with Gasteiger partial charge in [-0.25, -0.2) is 9.97 Å². The molecule has 3 aromatic rings. The van der Waals surface area contributed by atoms with E-state index in [0.717, 1.165) is 11.4 Å². The van der Waals surface area contributed by atoms with Crippen LogP contribution in [-0.4, -0.2) is 9.97 Å². The van der Waals surface area contributed by atoms with Crippen molar-refractivity contribution in [2.75, 3.05) is 0 Å². The minimum atomic E-state index is 0.00808. The van der Waals surface area contributed by atoms with Crippen LogP contribution in [-0.2, 0) is 5.75 Å². The number of hydrogen-bond acceptors (Lipinski definition) is 5. The molecular weight excluding hydrogens is 284 g/mol. The SMILES string of the molecule is Cc1cc(C)nc(SCc2coc3ccccc3c2=O)n1. The van der Waals surface area contributed by atoms with Crippen molar-refractivity contribution in [2.24, 2.45) is 0 Å². The Morgan fingerprint density at radius 3 is 2.62 bits per heavy atom. The summed E-state index contributed by atoms with van der Waals surface area (Å²) in [5.41, 5.74) is 3.10. The van der Waals surface area contributed by atoms with Gasteiger partial charge in [0.2, 0.25) is 0 Å². The van der Waals surface area contributed by atoms with Crippen LogP contribution in [0.15, 0.2) is 51.0 Å². The Hall–Kier alpha value is -2.14. The molecule has 4 nitrogen and oxygen atoms in total. The van der Waals surface area contributed by atoms with Crippen molar-refractivity contribution in [2.45, 2.75) is 24.8 Å². The zero-order chi connectivity index (χ0) is 14.8. The Kier molecular flexibility index (Phi) is 3.75. The summed E-state index contributed by atoms with van der Waals surface area (Å²) in [5.74, 6) is 0.496. The molecule has 0 aliphatic carbocycles. The van der Waals surface area contributed by atoms with Gasteiger partial charge in [0.25, 0.3) is 0 Å². The molecule has 5 heteroatoms. The van der Waals surface area contributed by atoms with Crippen LogP contribution in [0.3, 0.4) is 0 Å². The van der Waals surface area contributed by atoms with Crippen LogP contribution >= 0.6 is 11.8 Å². The van der Waals surface area contributed by atoms with Crippen LogP contribution < -0.4 is 5.43 Å². The summed E-state index contributed by atoms with van der Waals surface area (Å²) < 4.78 is 5.51. The number of hydrogen-bond donors (Lipinski definition) is 0. The Bertz CT molecular complexity index is 838. The lowest BCUT2D eigenvalue weighted by Gasteiger charge is -2.03. The molecule has 2 heterocycles. The molecule has 0 bridgehead atoms. The molecule has 0 N–H and O–H groups in total. The van der Waals surface area contributed by atoms with E-state index in [-0.39, 0.29) is 5.43 Å². The number of benzene rings is 1. The molecule has 0 atom stereocenters. The molecule has 0 amide bonds. The zero-order valence-electron chi connectivity index (χ0n) is 11.8. The molecule has 0 spiro atoms. The molecule has 0 saturated carbocycles. The molecular formula is C16H14N2O2S. The molecule has 1 aromatic carbocycles. The average molecular weight is 298 g/mol. The molecule has 2 aromatic heterocycles. The lowest BCUT2D eigenvalue weighted by molar-refractivity contribution is 0.596. The third-order valence-electron chi connectivity index (χ3n) is 3.07. The third-order valence-corrected chi connectivity index (χ3v) is 3.97. The normalized spacial score (nSPS) is 11.0. The fraction of sp³-hybridized carbons (Fsp3) is 0.188. The minimum Gasteiger partial charge on any atom is -0.464 e. The summed E-state index contributed by atoms with van der Waals surface area (Å²) in [4.78, 5) is 21.1. The summed E-state index contributed by atoms with van der Waals surface area (Å²) in [6, 6.07) is 9.18. The largest absolute Gasteiger partial charge is 0.464 e. The molecule has 0 fully saturated rings. The van der Waals surface area contributed by atoms with E-state index in [4.69, 9.17) is 4.42 Å². The van der Waals surface area contributed by atoms with Crippen molar-refractivity contribution >= 4 is 22.7 Å². The number of aryl methyl sites for hydroxylation is 2. The predicted octanol–water partition coefficient (Wildman–Crippen LogP) is 3.49. The highest BCUT2D eigenvalue weighted by atomic mass is 32.2. The summed E-state index contributed by atoms with van der Waals surface area (Å²) in [7, 11) is 0. The second kappa shape index (κ2) is 5.69. The maximum Gasteiger partial charge on any atom is 0.196 e. The Morgan fingerprint density at radius 2 is 1.86 bits per heavy atom. The number of rotatable bonds is 3. The van der Waals surface area contributed by atoms with Gasteiger partial charge in [-0.1, -0.05) is 23.9 Å². The van der Waals surface area contributed by atoms with E-state index in [1.165, 1.54) is 18.0 Å². The second-order valence-corrected chi connectivity index (χ2v) is 5.75. The number of nitrogens with zero attached hydrogens (tertiary/aromatic N) is 2. The van der Waals surface area contributed by atoms with Crippen LogP contribution in [0.2, 0.25) is 0 Å². The monoisotopic (exact) mass is 298 g/mol. The highest BCUT2D eigenvalue weighted by molar-refractivity contribution is 7.98. The molecule has 0 aliphatic heterocycles. The van der Waals surface area contributed by atoms with Crippen molar-refractivity contribution in [1.29, 1.82) is 0 Å². The van der Waals surface area contributed by atoms with Crippen molar-refractivity contribution < 1.29 is 4.42 Å². The van der Waals surface area contributed by atoms with Crippen LogP contribution in [0.1, 0.15) is 17.0 Å². The molecule has 0 radical (unpaired) electrons. The molecule has 3 rings (SSSR count). The molecule has 106 valence electrons. The van der Waals surface area contributed by atoms with Gasteiger partial charge in [-0.2, -0.15) is 0 Å². The number of fused-ring (bicyclic) bond motifs is 1. The molecule has 0 aliphatic rings.